The Labute approximate surface area is 127 Å². The molecule has 5 heteroatoms. The molecule has 1 saturated carbocycles. The third-order valence-corrected chi connectivity index (χ3v) is 2.47. The summed E-state index contributed by atoms with van der Waals surface area (Å²) in [5.41, 5.74) is 0. The molecule has 0 spiro atoms. The van der Waals surface area contributed by atoms with Gasteiger partial charge in [0.25, 0.3) is 0 Å². The van der Waals surface area contributed by atoms with Gasteiger partial charge in [-0.2, -0.15) is 13.3 Å². The van der Waals surface area contributed by atoms with Crippen LogP contribution >= 0.6 is 0 Å². The van der Waals surface area contributed by atoms with Gasteiger partial charge in [0.15, 0.2) is 0 Å². The molecule has 1 aliphatic carbocycles. The molecular formula is C14H20FeO4. The van der Waals surface area contributed by atoms with Gasteiger partial charge in [-0.1, -0.05) is 26.2 Å². The zero-order valence-electron chi connectivity index (χ0n) is 11.8. The third-order valence-electron chi connectivity index (χ3n) is 2.47. The molecule has 0 aromatic carbocycles. The monoisotopic (exact) mass is 308 g/mol. The molecule has 0 aromatic rings. The molecule has 0 aromatic heterocycles. The van der Waals surface area contributed by atoms with Crippen LogP contribution in [0, 0.1) is 45.1 Å². The van der Waals surface area contributed by atoms with Gasteiger partial charge in [0.05, 0.1) is 0 Å². The maximum absolute atomic E-state index is 11.3. The van der Waals surface area contributed by atoms with E-state index in [9.17, 15) is 4.79 Å². The van der Waals surface area contributed by atoms with Crippen LogP contribution in [-0.2, 0) is 35.8 Å². The number of hydrogen-bond donors (Lipinski definition) is 0. The first-order valence-electron chi connectivity index (χ1n) is 5.06. The first kappa shape index (κ1) is 31.0. The molecule has 4 nitrogen and oxygen atoms in total. The van der Waals surface area contributed by atoms with E-state index < -0.39 is 0 Å². The number of carbonyl (C=O) groups is 1. The minimum Gasteiger partial charge on any atom is -0.358 e. The van der Waals surface area contributed by atoms with E-state index in [4.69, 9.17) is 14.0 Å². The molecular weight excluding hydrogens is 288 g/mol. The van der Waals surface area contributed by atoms with Gasteiger partial charge in [0.2, 0.25) is 0 Å². The summed E-state index contributed by atoms with van der Waals surface area (Å²) >= 11 is 0. The third kappa shape index (κ3) is 17.3. The molecule has 2 unspecified atom stereocenters. The van der Waals surface area contributed by atoms with Crippen molar-refractivity contribution in [1.29, 1.82) is 0 Å². The van der Waals surface area contributed by atoms with Crippen LogP contribution in [-0.4, -0.2) is 5.78 Å². The molecule has 108 valence electrons. The molecule has 0 N–H and O–H groups in total. The number of Topliss-reactive ketones (excluding diaryl/α,β-unsaturated/α-hetero) is 1. The predicted octanol–water partition coefficient (Wildman–Crippen LogP) is 2.94. The number of rotatable bonds is 0. The zero-order chi connectivity index (χ0) is 14.4. The Bertz CT molecular complexity index is 244. The molecule has 1 rings (SSSR count). The Hall–Kier alpha value is -0.721. The zero-order valence-corrected chi connectivity index (χ0v) is 12.9. The van der Waals surface area contributed by atoms with Crippen LogP contribution in [0.4, 0.5) is 0 Å². The van der Waals surface area contributed by atoms with Gasteiger partial charge in [-0.15, -0.1) is 0 Å². The van der Waals surface area contributed by atoms with E-state index in [1.807, 2.05) is 6.92 Å². The number of carbonyl (C=O) groups excluding carboxylic acids is 1. The molecule has 19 heavy (non-hydrogen) atoms. The molecule has 0 bridgehead atoms. The van der Waals surface area contributed by atoms with Crippen LogP contribution < -0.4 is 0 Å². The maximum Gasteiger partial charge on any atom is 2.00 e. The first-order chi connectivity index (χ1) is 8.09. The van der Waals surface area contributed by atoms with E-state index in [-0.39, 0.29) is 24.5 Å². The van der Waals surface area contributed by atoms with E-state index in [0.29, 0.717) is 17.6 Å². The summed E-state index contributed by atoms with van der Waals surface area (Å²) in [6, 6.07) is 0. The van der Waals surface area contributed by atoms with Crippen molar-refractivity contribution in [2.75, 3.05) is 0 Å². The topological polar surface area (TPSA) is 76.8 Å². The molecule has 0 aliphatic heterocycles. The maximum atomic E-state index is 11.3. The van der Waals surface area contributed by atoms with Crippen molar-refractivity contribution in [3.63, 3.8) is 0 Å². The van der Waals surface area contributed by atoms with Gasteiger partial charge in [-0.05, 0) is 12.3 Å². The summed E-state index contributed by atoms with van der Waals surface area (Å²) in [5.74, 6) is 2.77. The van der Waals surface area contributed by atoms with Crippen molar-refractivity contribution in [3.05, 3.63) is 33.3 Å². The van der Waals surface area contributed by atoms with Crippen molar-refractivity contribution in [1.82, 2.24) is 0 Å². The minimum atomic E-state index is 0. The standard InChI is InChI=1S/C10H17O.3CO.CH3.Fe/c1-7-4-8(2)6-10(11)9(3)5-7;3*1-2;;/h7-8H,4-6H2,1-3H3;;;;1H3;/q-1;;;;-1;+2. The molecule has 1 fully saturated rings. The van der Waals surface area contributed by atoms with E-state index in [0.717, 1.165) is 18.8 Å². The average Bonchev–Trinajstić information content (AvgIpc) is 2.45. The van der Waals surface area contributed by atoms with Crippen molar-refractivity contribution in [3.8, 4) is 0 Å². The largest absolute Gasteiger partial charge is 2.00 e. The fourth-order valence-corrected chi connectivity index (χ4v) is 1.98. The minimum absolute atomic E-state index is 0. The Morgan fingerprint density at radius 3 is 1.79 bits per heavy atom. The Morgan fingerprint density at radius 2 is 1.42 bits per heavy atom. The van der Waals surface area contributed by atoms with Gasteiger partial charge in [0, 0.05) is 5.78 Å². The number of hydrogen-bond acceptors (Lipinski definition) is 1. The normalized spacial score (nSPS) is 19.8. The summed E-state index contributed by atoms with van der Waals surface area (Å²) < 4.78 is 22.5. The Morgan fingerprint density at radius 1 is 1.05 bits per heavy atom. The van der Waals surface area contributed by atoms with Gasteiger partial charge in [0.1, 0.15) is 0 Å². The van der Waals surface area contributed by atoms with Crippen LogP contribution in [0.3, 0.4) is 0 Å². The van der Waals surface area contributed by atoms with Crippen LogP contribution in [0.5, 0.6) is 0 Å². The van der Waals surface area contributed by atoms with Gasteiger partial charge in [-0.3, -0.25) is 0 Å². The Balaban J connectivity index is -0.0000000724. The molecule has 0 amide bonds. The molecule has 2 atom stereocenters. The van der Waals surface area contributed by atoms with E-state index in [2.05, 4.69) is 33.8 Å². The molecule has 0 saturated heterocycles. The van der Waals surface area contributed by atoms with Crippen LogP contribution in [0.1, 0.15) is 40.0 Å². The summed E-state index contributed by atoms with van der Waals surface area (Å²) in [6.07, 6.45) is 3.00. The molecule has 0 heterocycles. The second-order valence-electron chi connectivity index (χ2n) is 4.06. The SMILES string of the molecule is C[C-]1CC(C)CC(C)CC1=O.[C-]#[O+].[C-]#[O+].[C-]#[O+].[CH3-].[Fe+2]. The molecule has 1 aliphatic rings. The fourth-order valence-electron chi connectivity index (χ4n) is 1.98. The van der Waals surface area contributed by atoms with Gasteiger partial charge >= 0.3 is 51.0 Å². The summed E-state index contributed by atoms with van der Waals surface area (Å²) in [5, 5.41) is 0. The van der Waals surface area contributed by atoms with Crippen LogP contribution in [0.2, 0.25) is 0 Å². The van der Waals surface area contributed by atoms with E-state index in [1.54, 1.807) is 0 Å². The smallest absolute Gasteiger partial charge is 0.358 e. The summed E-state index contributed by atoms with van der Waals surface area (Å²) in [6.45, 7) is 19.9. The van der Waals surface area contributed by atoms with Crippen molar-refractivity contribution < 1.29 is 35.8 Å². The average molecular weight is 308 g/mol. The fraction of sp³-hybridized carbons (Fsp3) is 0.571. The molecule has 0 radical (unpaired) electrons. The van der Waals surface area contributed by atoms with Crippen molar-refractivity contribution >= 4 is 5.78 Å². The predicted molar refractivity (Wildman–Crippen MR) is 64.3 cm³/mol. The second kappa shape index (κ2) is 22.5. The number of ketones is 1. The first-order valence-corrected chi connectivity index (χ1v) is 5.06. The second-order valence-corrected chi connectivity index (χ2v) is 4.06. The van der Waals surface area contributed by atoms with E-state index in [1.165, 1.54) is 6.42 Å². The van der Waals surface area contributed by atoms with Gasteiger partial charge in [-0.25, -0.2) is 0 Å². The van der Waals surface area contributed by atoms with Crippen molar-refractivity contribution in [2.45, 2.75) is 40.0 Å². The summed E-state index contributed by atoms with van der Waals surface area (Å²) in [4.78, 5) is 11.3. The van der Waals surface area contributed by atoms with Crippen molar-refractivity contribution in [2.24, 2.45) is 11.8 Å². The van der Waals surface area contributed by atoms with Crippen LogP contribution in [0.25, 0.3) is 0 Å². The van der Waals surface area contributed by atoms with Gasteiger partial charge < -0.3 is 18.1 Å². The Kier molecular flexibility index (Phi) is 36.6. The van der Waals surface area contributed by atoms with E-state index >= 15 is 0 Å². The summed E-state index contributed by atoms with van der Waals surface area (Å²) in [7, 11) is 0. The quantitative estimate of drug-likeness (QED) is 0.293. The van der Waals surface area contributed by atoms with Crippen LogP contribution in [0.15, 0.2) is 0 Å².